The zero-order valence-corrected chi connectivity index (χ0v) is 18.2. The molecule has 4 saturated carbocycles. The second-order valence-corrected chi connectivity index (χ2v) is 10.5. The minimum Gasteiger partial charge on any atom is -0.455 e. The van der Waals surface area contributed by atoms with Gasteiger partial charge in [0, 0.05) is 0 Å². The number of amides is 1. The molecule has 160 valence electrons. The van der Waals surface area contributed by atoms with Crippen molar-refractivity contribution >= 4 is 11.9 Å². The topological polar surface area (TPSA) is 79.2 Å². The molecule has 2 unspecified atom stereocenters. The molecule has 0 radical (unpaired) electrons. The van der Waals surface area contributed by atoms with E-state index in [1.807, 2.05) is 19.9 Å². The molecule has 0 saturated heterocycles. The van der Waals surface area contributed by atoms with Gasteiger partial charge in [-0.3, -0.25) is 9.59 Å². The van der Waals surface area contributed by atoms with Gasteiger partial charge in [0.25, 0.3) is 5.91 Å². The van der Waals surface area contributed by atoms with Crippen molar-refractivity contribution in [3.8, 4) is 6.07 Å². The molecular weight excluding hydrogens is 376 g/mol. The van der Waals surface area contributed by atoms with Crippen LogP contribution in [0.25, 0.3) is 0 Å². The van der Waals surface area contributed by atoms with E-state index in [1.165, 1.54) is 12.0 Å². The van der Waals surface area contributed by atoms with Gasteiger partial charge in [0.05, 0.1) is 11.5 Å². The lowest BCUT2D eigenvalue weighted by Crippen LogP contribution is -2.57. The first-order valence-electron chi connectivity index (χ1n) is 11.2. The number of benzene rings is 1. The molecule has 4 bridgehead atoms. The van der Waals surface area contributed by atoms with E-state index in [0.717, 1.165) is 32.1 Å². The Hall–Kier alpha value is -2.35. The highest BCUT2D eigenvalue weighted by atomic mass is 16.5. The van der Waals surface area contributed by atoms with Crippen molar-refractivity contribution in [1.29, 1.82) is 5.26 Å². The maximum Gasteiger partial charge on any atom is 0.312 e. The first-order valence-corrected chi connectivity index (χ1v) is 11.2. The summed E-state index contributed by atoms with van der Waals surface area (Å²) < 4.78 is 5.58. The van der Waals surface area contributed by atoms with Gasteiger partial charge in [0.15, 0.2) is 6.61 Å². The van der Waals surface area contributed by atoms with E-state index in [4.69, 9.17) is 4.74 Å². The summed E-state index contributed by atoms with van der Waals surface area (Å²) in [4.78, 5) is 25.7. The molecule has 30 heavy (non-hydrogen) atoms. The van der Waals surface area contributed by atoms with Crippen molar-refractivity contribution in [2.45, 2.75) is 70.3 Å². The van der Waals surface area contributed by atoms with E-state index in [-0.39, 0.29) is 23.9 Å². The van der Waals surface area contributed by atoms with Crippen LogP contribution in [0.3, 0.4) is 0 Å². The largest absolute Gasteiger partial charge is 0.455 e. The molecule has 0 aliphatic heterocycles. The number of nitrogens with one attached hydrogen (secondary N) is 1. The number of hydrogen-bond acceptors (Lipinski definition) is 4. The molecule has 5 nitrogen and oxygen atoms in total. The number of ether oxygens (including phenoxy) is 1. The molecule has 1 N–H and O–H groups in total. The number of rotatable bonds is 6. The number of hydrogen-bond donors (Lipinski definition) is 1. The number of nitriles is 1. The van der Waals surface area contributed by atoms with E-state index in [9.17, 15) is 14.9 Å². The van der Waals surface area contributed by atoms with Crippen LogP contribution in [-0.4, -0.2) is 24.0 Å². The quantitative estimate of drug-likeness (QED) is 0.718. The molecule has 0 heterocycles. The van der Waals surface area contributed by atoms with Gasteiger partial charge in [-0.25, -0.2) is 0 Å². The van der Waals surface area contributed by atoms with Gasteiger partial charge in [-0.15, -0.1) is 0 Å². The molecule has 1 amide bonds. The van der Waals surface area contributed by atoms with E-state index in [1.54, 1.807) is 6.92 Å². The summed E-state index contributed by atoms with van der Waals surface area (Å²) >= 11 is 0. The Kier molecular flexibility index (Phi) is 5.16. The summed E-state index contributed by atoms with van der Waals surface area (Å²) in [6.07, 6.45) is 6.08. The summed E-state index contributed by atoms with van der Waals surface area (Å²) in [6.45, 7) is 5.14. The van der Waals surface area contributed by atoms with E-state index < -0.39 is 16.9 Å². The lowest BCUT2D eigenvalue weighted by atomic mass is 9.43. The van der Waals surface area contributed by atoms with Crippen LogP contribution in [0.15, 0.2) is 30.3 Å². The summed E-state index contributed by atoms with van der Waals surface area (Å²) in [7, 11) is 0. The fourth-order valence-electron chi connectivity index (χ4n) is 6.54. The monoisotopic (exact) mass is 408 g/mol. The predicted octanol–water partition coefficient (Wildman–Crippen LogP) is 4.12. The molecule has 5 rings (SSSR count). The zero-order valence-electron chi connectivity index (χ0n) is 18.2. The Bertz CT molecular complexity index is 858. The molecule has 4 fully saturated rings. The van der Waals surface area contributed by atoms with Crippen LogP contribution in [0.4, 0.5) is 0 Å². The number of esters is 1. The number of nitrogens with zero attached hydrogens (tertiary/aromatic N) is 1. The Morgan fingerprint density at radius 1 is 1.20 bits per heavy atom. The van der Waals surface area contributed by atoms with Gasteiger partial charge in [-0.2, -0.15) is 5.26 Å². The van der Waals surface area contributed by atoms with Gasteiger partial charge in [0.1, 0.15) is 5.54 Å². The van der Waals surface area contributed by atoms with Crippen molar-refractivity contribution in [2.75, 3.05) is 6.61 Å². The molecule has 1 aromatic rings. The predicted molar refractivity (Wildman–Crippen MR) is 113 cm³/mol. The first kappa shape index (κ1) is 20.9. The van der Waals surface area contributed by atoms with Gasteiger partial charge < -0.3 is 10.1 Å². The Labute approximate surface area is 179 Å². The Morgan fingerprint density at radius 2 is 1.83 bits per heavy atom. The molecule has 4 aliphatic carbocycles. The van der Waals surface area contributed by atoms with Gasteiger partial charge >= 0.3 is 5.97 Å². The molecular formula is C25H32N2O3. The first-order chi connectivity index (χ1) is 14.2. The summed E-state index contributed by atoms with van der Waals surface area (Å²) in [5.41, 5.74) is -0.0437. The SMILES string of the molecule is CC(C)[C@](C)(C#N)NC(=O)COC(=O)C12C[C@H]3C[C@@H](C1)CC(c1ccccc1)(C3)C2. The van der Waals surface area contributed by atoms with Crippen LogP contribution in [0.2, 0.25) is 0 Å². The van der Waals surface area contributed by atoms with Crippen LogP contribution < -0.4 is 5.32 Å². The minimum absolute atomic E-state index is 0.0453. The summed E-state index contributed by atoms with van der Waals surface area (Å²) in [5, 5.41) is 12.1. The van der Waals surface area contributed by atoms with Crippen LogP contribution in [0.1, 0.15) is 64.9 Å². The molecule has 1 aromatic carbocycles. The van der Waals surface area contributed by atoms with Gasteiger partial charge in [-0.05, 0) is 74.2 Å². The van der Waals surface area contributed by atoms with Gasteiger partial charge in [-0.1, -0.05) is 44.2 Å². The van der Waals surface area contributed by atoms with Crippen LogP contribution in [-0.2, 0) is 19.7 Å². The van der Waals surface area contributed by atoms with Crippen molar-refractivity contribution < 1.29 is 14.3 Å². The van der Waals surface area contributed by atoms with E-state index in [2.05, 4.69) is 35.7 Å². The number of carbonyl (C=O) groups is 2. The molecule has 0 aromatic heterocycles. The highest BCUT2D eigenvalue weighted by Crippen LogP contribution is 2.66. The fraction of sp³-hybridized carbons (Fsp3) is 0.640. The fourth-order valence-corrected chi connectivity index (χ4v) is 6.54. The lowest BCUT2D eigenvalue weighted by molar-refractivity contribution is -0.175. The average molecular weight is 409 g/mol. The number of carbonyl (C=O) groups excluding carboxylic acids is 2. The third-order valence-corrected chi connectivity index (χ3v) is 8.00. The van der Waals surface area contributed by atoms with Gasteiger partial charge in [0.2, 0.25) is 0 Å². The average Bonchev–Trinajstić information content (AvgIpc) is 2.71. The van der Waals surface area contributed by atoms with Crippen molar-refractivity contribution in [3.63, 3.8) is 0 Å². The maximum atomic E-state index is 13.3. The van der Waals surface area contributed by atoms with E-state index in [0.29, 0.717) is 11.8 Å². The van der Waals surface area contributed by atoms with Crippen molar-refractivity contribution in [2.24, 2.45) is 23.2 Å². The van der Waals surface area contributed by atoms with Crippen LogP contribution in [0.5, 0.6) is 0 Å². The summed E-state index contributed by atoms with van der Waals surface area (Å²) in [5.74, 6) is 0.418. The maximum absolute atomic E-state index is 13.3. The third kappa shape index (κ3) is 3.51. The van der Waals surface area contributed by atoms with Crippen molar-refractivity contribution in [1.82, 2.24) is 5.32 Å². The molecule has 4 aliphatic rings. The summed E-state index contributed by atoms with van der Waals surface area (Å²) in [6, 6.07) is 12.8. The normalized spacial score (nSPS) is 33.6. The zero-order chi connectivity index (χ0) is 21.6. The molecule has 5 heteroatoms. The minimum atomic E-state index is -0.971. The third-order valence-electron chi connectivity index (χ3n) is 8.00. The second-order valence-electron chi connectivity index (χ2n) is 10.5. The Balaban J connectivity index is 1.47. The highest BCUT2D eigenvalue weighted by Gasteiger charge is 2.61. The Morgan fingerprint density at radius 3 is 2.40 bits per heavy atom. The second kappa shape index (κ2) is 7.41. The molecule has 5 atom stereocenters. The van der Waals surface area contributed by atoms with E-state index >= 15 is 0 Å². The lowest BCUT2D eigenvalue weighted by Gasteiger charge is -2.61. The van der Waals surface area contributed by atoms with Crippen molar-refractivity contribution in [3.05, 3.63) is 35.9 Å². The standard InChI is InChI=1S/C25H32N2O3/c1-17(2)23(3,16-26)27-21(28)14-30-22(29)25-12-18-9-19(13-25)11-24(10-18,15-25)20-7-5-4-6-8-20/h4-8,17-19H,9-15H2,1-3H3,(H,27,28)/t18-,19+,23-,24?,25?/m0/s1. The van der Waals surface area contributed by atoms with Crippen LogP contribution >= 0.6 is 0 Å². The highest BCUT2D eigenvalue weighted by molar-refractivity contribution is 5.84. The smallest absolute Gasteiger partial charge is 0.312 e. The van der Waals surface area contributed by atoms with Crippen LogP contribution in [0, 0.1) is 34.5 Å². The molecule has 0 spiro atoms.